The maximum Gasteiger partial charge on any atom is 0.337 e. The number of imidazole rings is 1. The summed E-state index contributed by atoms with van der Waals surface area (Å²) in [6.45, 7) is 6.60. The lowest BCUT2D eigenvalue weighted by Crippen LogP contribution is -2.39. The fourth-order valence-corrected chi connectivity index (χ4v) is 3.62. The smallest absolute Gasteiger partial charge is 0.320 e. The van der Waals surface area contributed by atoms with Gasteiger partial charge in [0.1, 0.15) is 0 Å². The molecule has 0 aliphatic carbocycles. The molecule has 0 radical (unpaired) electrons. The number of fused-ring (bicyclic) bond motifs is 1. The summed E-state index contributed by atoms with van der Waals surface area (Å²) in [5.74, 6) is 0. The third-order valence-electron chi connectivity index (χ3n) is 5.01. The molecular formula is C22H22N4O2. The van der Waals surface area contributed by atoms with Gasteiger partial charge in [-0.05, 0) is 38.0 Å². The number of aromatic nitrogens is 4. The van der Waals surface area contributed by atoms with E-state index in [2.05, 4.69) is 11.1 Å². The maximum atomic E-state index is 13.1. The first kappa shape index (κ1) is 18.0. The van der Waals surface area contributed by atoms with Crippen LogP contribution in [0.25, 0.3) is 16.9 Å². The molecule has 0 saturated carbocycles. The molecule has 142 valence electrons. The molecule has 0 bridgehead atoms. The van der Waals surface area contributed by atoms with E-state index in [0.29, 0.717) is 24.3 Å². The van der Waals surface area contributed by atoms with Crippen LogP contribution in [0, 0.1) is 13.8 Å². The fraction of sp³-hybridized carbons (Fsp3) is 0.227. The van der Waals surface area contributed by atoms with Gasteiger partial charge in [-0.3, -0.25) is 9.36 Å². The lowest BCUT2D eigenvalue weighted by Gasteiger charge is -2.13. The Hall–Kier alpha value is -3.41. The van der Waals surface area contributed by atoms with Crippen LogP contribution in [-0.2, 0) is 13.1 Å². The first-order valence-electron chi connectivity index (χ1n) is 9.33. The summed E-state index contributed by atoms with van der Waals surface area (Å²) in [4.78, 5) is 30.6. The normalized spacial score (nSPS) is 11.2. The van der Waals surface area contributed by atoms with Crippen LogP contribution in [0.15, 0.2) is 64.4 Å². The zero-order valence-corrected chi connectivity index (χ0v) is 16.2. The van der Waals surface area contributed by atoms with Crippen molar-refractivity contribution in [2.75, 3.05) is 0 Å². The second-order valence-electron chi connectivity index (χ2n) is 6.99. The van der Waals surface area contributed by atoms with Gasteiger partial charge in [0.25, 0.3) is 5.56 Å². The number of hydrogen-bond acceptors (Lipinski definition) is 3. The second-order valence-corrected chi connectivity index (χ2v) is 6.99. The van der Waals surface area contributed by atoms with Gasteiger partial charge >= 0.3 is 5.69 Å². The molecule has 0 N–H and O–H groups in total. The number of nitrogens with zero attached hydrogens (tertiary/aromatic N) is 4. The van der Waals surface area contributed by atoms with Crippen LogP contribution >= 0.6 is 0 Å². The minimum Gasteiger partial charge on any atom is -0.320 e. The number of rotatable bonds is 4. The summed E-state index contributed by atoms with van der Waals surface area (Å²) in [5, 5.41) is 0. The Kier molecular flexibility index (Phi) is 4.47. The van der Waals surface area contributed by atoms with Gasteiger partial charge in [0, 0.05) is 13.1 Å². The maximum absolute atomic E-state index is 13.1. The van der Waals surface area contributed by atoms with Gasteiger partial charge < -0.3 is 4.57 Å². The van der Waals surface area contributed by atoms with Gasteiger partial charge in [0.2, 0.25) is 0 Å². The average Bonchev–Trinajstić information content (AvgIpc) is 3.07. The Morgan fingerprint density at radius 1 is 1.00 bits per heavy atom. The number of benzene rings is 2. The van der Waals surface area contributed by atoms with Crippen molar-refractivity contribution in [3.8, 4) is 5.69 Å². The number of para-hydroxylation sites is 1. The summed E-state index contributed by atoms with van der Waals surface area (Å²) in [6, 6.07) is 15.8. The Morgan fingerprint density at radius 3 is 2.50 bits per heavy atom. The minimum atomic E-state index is -0.366. The molecule has 0 amide bonds. The molecule has 28 heavy (non-hydrogen) atoms. The van der Waals surface area contributed by atoms with Crippen LogP contribution in [0.5, 0.6) is 0 Å². The number of hydrogen-bond donors (Lipinski definition) is 0. The van der Waals surface area contributed by atoms with Crippen molar-refractivity contribution < 1.29 is 0 Å². The van der Waals surface area contributed by atoms with Crippen LogP contribution in [0.2, 0.25) is 0 Å². The SMILES string of the molecule is CCn1c(=O)c2c(ncn2Cc2cccc(C)c2)n(-c2ccccc2C)c1=O. The molecular weight excluding hydrogens is 352 g/mol. The fourth-order valence-electron chi connectivity index (χ4n) is 3.62. The lowest BCUT2D eigenvalue weighted by molar-refractivity contribution is 0.654. The van der Waals surface area contributed by atoms with Crippen LogP contribution in [-0.4, -0.2) is 18.7 Å². The van der Waals surface area contributed by atoms with Gasteiger partial charge in [0.05, 0.1) is 12.0 Å². The van der Waals surface area contributed by atoms with E-state index in [1.807, 2.05) is 60.9 Å². The minimum absolute atomic E-state index is 0.301. The van der Waals surface area contributed by atoms with E-state index in [-0.39, 0.29) is 11.2 Å². The highest BCUT2D eigenvalue weighted by Crippen LogP contribution is 2.17. The molecule has 0 aliphatic heterocycles. The third-order valence-corrected chi connectivity index (χ3v) is 5.01. The van der Waals surface area contributed by atoms with Crippen LogP contribution in [0.3, 0.4) is 0 Å². The van der Waals surface area contributed by atoms with Crippen molar-refractivity contribution in [1.82, 2.24) is 18.7 Å². The Labute approximate surface area is 162 Å². The summed E-state index contributed by atoms with van der Waals surface area (Å²) < 4.78 is 4.64. The predicted octanol–water partition coefficient (Wildman–Crippen LogP) is 3.03. The van der Waals surface area contributed by atoms with Gasteiger partial charge in [0.15, 0.2) is 11.2 Å². The molecule has 0 saturated heterocycles. The highest BCUT2D eigenvalue weighted by molar-refractivity contribution is 5.73. The van der Waals surface area contributed by atoms with E-state index in [4.69, 9.17) is 0 Å². The quantitative estimate of drug-likeness (QED) is 0.552. The van der Waals surface area contributed by atoms with E-state index in [1.165, 1.54) is 4.57 Å². The molecule has 0 unspecified atom stereocenters. The third kappa shape index (κ3) is 2.87. The summed E-state index contributed by atoms with van der Waals surface area (Å²) >= 11 is 0. The van der Waals surface area contributed by atoms with Crippen molar-refractivity contribution in [2.24, 2.45) is 0 Å². The van der Waals surface area contributed by atoms with Crippen molar-refractivity contribution in [3.05, 3.63) is 92.4 Å². The molecule has 4 aromatic rings. The van der Waals surface area contributed by atoms with Gasteiger partial charge in [-0.2, -0.15) is 0 Å². The van der Waals surface area contributed by atoms with E-state index in [1.54, 1.807) is 17.8 Å². The van der Waals surface area contributed by atoms with Gasteiger partial charge in [-0.25, -0.2) is 14.3 Å². The standard InChI is InChI=1S/C22H22N4O2/c1-4-25-21(27)19-20(26(22(25)28)18-11-6-5-9-16(18)3)23-14-24(19)13-17-10-7-8-15(2)12-17/h5-12,14H,4,13H2,1-3H3. The zero-order valence-electron chi connectivity index (χ0n) is 16.2. The topological polar surface area (TPSA) is 61.8 Å². The van der Waals surface area contributed by atoms with E-state index in [0.717, 1.165) is 22.4 Å². The summed E-state index contributed by atoms with van der Waals surface area (Å²) in [7, 11) is 0. The molecule has 2 aromatic heterocycles. The van der Waals surface area contributed by atoms with Crippen LogP contribution < -0.4 is 11.2 Å². The zero-order chi connectivity index (χ0) is 19.8. The predicted molar refractivity (Wildman–Crippen MR) is 110 cm³/mol. The highest BCUT2D eigenvalue weighted by Gasteiger charge is 2.19. The van der Waals surface area contributed by atoms with Crippen LogP contribution in [0.1, 0.15) is 23.6 Å². The Morgan fingerprint density at radius 2 is 1.79 bits per heavy atom. The molecule has 0 aliphatic rings. The van der Waals surface area contributed by atoms with E-state index >= 15 is 0 Å². The Bertz CT molecular complexity index is 1290. The lowest BCUT2D eigenvalue weighted by atomic mass is 10.1. The second kappa shape index (κ2) is 6.96. The molecule has 2 heterocycles. The molecule has 6 heteroatoms. The summed E-state index contributed by atoms with van der Waals surface area (Å²) in [5.41, 5.74) is 4.07. The summed E-state index contributed by atoms with van der Waals surface area (Å²) in [6.07, 6.45) is 1.64. The molecule has 6 nitrogen and oxygen atoms in total. The average molecular weight is 374 g/mol. The van der Waals surface area contributed by atoms with Crippen molar-refractivity contribution in [3.63, 3.8) is 0 Å². The molecule has 4 rings (SSSR count). The molecule has 0 fully saturated rings. The van der Waals surface area contributed by atoms with E-state index in [9.17, 15) is 9.59 Å². The van der Waals surface area contributed by atoms with Crippen molar-refractivity contribution in [1.29, 1.82) is 0 Å². The van der Waals surface area contributed by atoms with Gasteiger partial charge in [-0.1, -0.05) is 48.0 Å². The first-order chi connectivity index (χ1) is 13.5. The van der Waals surface area contributed by atoms with Crippen LogP contribution in [0.4, 0.5) is 0 Å². The van der Waals surface area contributed by atoms with Gasteiger partial charge in [-0.15, -0.1) is 0 Å². The largest absolute Gasteiger partial charge is 0.337 e. The highest BCUT2D eigenvalue weighted by atomic mass is 16.2. The molecule has 0 spiro atoms. The molecule has 2 aromatic carbocycles. The van der Waals surface area contributed by atoms with Crippen molar-refractivity contribution in [2.45, 2.75) is 33.9 Å². The van der Waals surface area contributed by atoms with Crippen molar-refractivity contribution >= 4 is 11.2 Å². The molecule has 0 atom stereocenters. The monoisotopic (exact) mass is 374 g/mol. The first-order valence-corrected chi connectivity index (χ1v) is 9.33. The Balaban J connectivity index is 2.02. The number of aryl methyl sites for hydroxylation is 2. The van der Waals surface area contributed by atoms with E-state index < -0.39 is 0 Å².